The van der Waals surface area contributed by atoms with Gasteiger partial charge in [-0.25, -0.2) is 0 Å². The van der Waals surface area contributed by atoms with E-state index >= 15 is 0 Å². The number of anilines is 2. The van der Waals surface area contributed by atoms with Gasteiger partial charge in [0.05, 0.1) is 11.3 Å². The Kier molecular flexibility index (Phi) is 7.73. The number of hydrogen-bond donors (Lipinski definition) is 1. The fraction of sp³-hybridized carbons (Fsp3) is 0.476. The molecule has 0 atom stereocenters. The van der Waals surface area contributed by atoms with Crippen LogP contribution in [0.2, 0.25) is 0 Å². The summed E-state index contributed by atoms with van der Waals surface area (Å²) in [5, 5.41) is 3.29. The molecule has 0 bridgehead atoms. The number of rotatable bonds is 8. The number of carbonyl (C=O) groups excluding carboxylic acids is 1. The first-order chi connectivity index (χ1) is 13.0. The number of nitrogens with one attached hydrogen (secondary N) is 1. The van der Waals surface area contributed by atoms with E-state index in [-0.39, 0.29) is 5.78 Å². The summed E-state index contributed by atoms with van der Waals surface area (Å²) in [7, 11) is 2.17. The predicted octanol–water partition coefficient (Wildman–Crippen LogP) is 3.14. The van der Waals surface area contributed by atoms with Crippen LogP contribution >= 0.6 is 0 Å². The van der Waals surface area contributed by atoms with Crippen molar-refractivity contribution in [3.05, 3.63) is 35.0 Å². The highest BCUT2D eigenvalue weighted by Crippen LogP contribution is 2.24. The van der Waals surface area contributed by atoms with E-state index in [4.69, 9.17) is 0 Å². The Morgan fingerprint density at radius 3 is 2.56 bits per heavy atom. The summed E-state index contributed by atoms with van der Waals surface area (Å²) >= 11 is 0. The molecule has 1 N–H and O–H groups in total. The van der Waals surface area contributed by atoms with Crippen molar-refractivity contribution in [2.75, 3.05) is 50.1 Å². The van der Waals surface area contributed by atoms with Gasteiger partial charge in [0.15, 0.2) is 5.78 Å². The van der Waals surface area contributed by atoms with E-state index in [0.717, 1.165) is 31.9 Å². The Balaban J connectivity index is 1.98. The number of ketones is 1. The van der Waals surface area contributed by atoms with Crippen molar-refractivity contribution >= 4 is 30.1 Å². The zero-order valence-electron chi connectivity index (χ0n) is 17.0. The van der Waals surface area contributed by atoms with Gasteiger partial charge in [0.25, 0.3) is 0 Å². The maximum absolute atomic E-state index is 11.8. The Labute approximate surface area is 162 Å². The molecular formula is C21H31N5O. The maximum Gasteiger partial charge on any atom is 0.163 e. The predicted molar refractivity (Wildman–Crippen MR) is 115 cm³/mol. The highest BCUT2D eigenvalue weighted by Gasteiger charge is 2.15. The zero-order valence-corrected chi connectivity index (χ0v) is 17.0. The fourth-order valence-electron chi connectivity index (χ4n) is 3.20. The summed E-state index contributed by atoms with van der Waals surface area (Å²) in [6.45, 7) is 13.9. The van der Waals surface area contributed by atoms with Crippen LogP contribution in [0.1, 0.15) is 25.8 Å². The molecule has 6 nitrogen and oxygen atoms in total. The van der Waals surface area contributed by atoms with Crippen molar-refractivity contribution in [3.8, 4) is 0 Å². The number of carbonyl (C=O) groups is 1. The molecule has 0 unspecified atom stereocenters. The molecule has 27 heavy (non-hydrogen) atoms. The smallest absolute Gasteiger partial charge is 0.163 e. The number of allylic oxidation sites excluding steroid dienone is 2. The van der Waals surface area contributed by atoms with Gasteiger partial charge in [-0.15, -0.1) is 0 Å². The molecule has 0 aliphatic carbocycles. The molecule has 146 valence electrons. The second kappa shape index (κ2) is 10.0. The van der Waals surface area contributed by atoms with Crippen LogP contribution in [0.3, 0.4) is 0 Å². The Hall–Kier alpha value is -2.47. The third kappa shape index (κ3) is 5.76. The van der Waals surface area contributed by atoms with Crippen molar-refractivity contribution in [2.45, 2.75) is 27.2 Å². The lowest BCUT2D eigenvalue weighted by Crippen LogP contribution is -2.44. The number of Topliss-reactive ketones (excluding diaryl/α,β-unsaturated/α-hetero) is 1. The molecule has 0 aromatic heterocycles. The van der Waals surface area contributed by atoms with E-state index in [1.54, 1.807) is 6.21 Å². The molecule has 0 amide bonds. The zero-order chi connectivity index (χ0) is 19.8. The molecule has 0 saturated carbocycles. The van der Waals surface area contributed by atoms with Crippen molar-refractivity contribution in [3.63, 3.8) is 0 Å². The number of likely N-dealkylation sites (N-methyl/N-ethyl adjacent to an activating group) is 1. The van der Waals surface area contributed by atoms with E-state index in [1.165, 1.54) is 18.2 Å². The average Bonchev–Trinajstić information content (AvgIpc) is 2.65. The Morgan fingerprint density at radius 2 is 2.00 bits per heavy atom. The third-order valence-corrected chi connectivity index (χ3v) is 4.85. The van der Waals surface area contributed by atoms with E-state index in [0.29, 0.717) is 24.4 Å². The highest BCUT2D eigenvalue weighted by atomic mass is 16.1. The SMILES string of the molecule is C=NC(CC)=C(C=NCNc1ccc(N2CCN(C)CC2)c(C)c1)C(C)=O. The quantitative estimate of drug-likeness (QED) is 0.565. The molecule has 0 spiro atoms. The van der Waals surface area contributed by atoms with Gasteiger partial charge < -0.3 is 15.1 Å². The molecule has 1 fully saturated rings. The van der Waals surface area contributed by atoms with Crippen LogP contribution in [0.4, 0.5) is 11.4 Å². The van der Waals surface area contributed by atoms with Gasteiger partial charge >= 0.3 is 0 Å². The minimum Gasteiger partial charge on any atom is -0.369 e. The van der Waals surface area contributed by atoms with Crippen LogP contribution in [0.15, 0.2) is 39.5 Å². The lowest BCUT2D eigenvalue weighted by molar-refractivity contribution is -0.113. The van der Waals surface area contributed by atoms with Crippen molar-refractivity contribution in [1.82, 2.24) is 4.90 Å². The van der Waals surface area contributed by atoms with Crippen LogP contribution < -0.4 is 10.2 Å². The summed E-state index contributed by atoms with van der Waals surface area (Å²) in [4.78, 5) is 24.8. The van der Waals surface area contributed by atoms with Crippen LogP contribution in [-0.2, 0) is 4.79 Å². The van der Waals surface area contributed by atoms with Crippen molar-refractivity contribution in [2.24, 2.45) is 9.98 Å². The van der Waals surface area contributed by atoms with E-state index < -0.39 is 0 Å². The molecule has 0 radical (unpaired) electrons. The summed E-state index contributed by atoms with van der Waals surface area (Å²) in [6.07, 6.45) is 2.25. The molecule has 2 rings (SSSR count). The molecule has 1 saturated heterocycles. The van der Waals surface area contributed by atoms with Gasteiger partial charge in [-0.2, -0.15) is 0 Å². The molecule has 1 heterocycles. The fourth-order valence-corrected chi connectivity index (χ4v) is 3.20. The molecule has 1 aliphatic heterocycles. The van der Waals surface area contributed by atoms with Gasteiger partial charge in [-0.3, -0.25) is 14.8 Å². The van der Waals surface area contributed by atoms with Crippen LogP contribution in [0, 0.1) is 6.92 Å². The van der Waals surface area contributed by atoms with E-state index in [1.807, 2.05) is 6.92 Å². The molecular weight excluding hydrogens is 338 g/mol. The van der Waals surface area contributed by atoms with Crippen LogP contribution in [-0.4, -0.2) is 63.5 Å². The monoisotopic (exact) mass is 369 g/mol. The summed E-state index contributed by atoms with van der Waals surface area (Å²) in [6, 6.07) is 6.40. The van der Waals surface area contributed by atoms with Crippen molar-refractivity contribution in [1.29, 1.82) is 0 Å². The lowest BCUT2D eigenvalue weighted by Gasteiger charge is -2.35. The van der Waals surface area contributed by atoms with Crippen LogP contribution in [0.5, 0.6) is 0 Å². The van der Waals surface area contributed by atoms with Gasteiger partial charge in [0.2, 0.25) is 0 Å². The molecule has 1 aliphatic rings. The van der Waals surface area contributed by atoms with Gasteiger partial charge in [0.1, 0.15) is 6.67 Å². The number of aryl methyl sites for hydroxylation is 1. The van der Waals surface area contributed by atoms with Crippen molar-refractivity contribution < 1.29 is 4.79 Å². The minimum atomic E-state index is -0.0460. The standard InChI is InChI=1S/C21H31N5O/c1-6-20(22-4)19(17(3)27)14-23-15-24-18-7-8-21(16(2)13-18)26-11-9-25(5)10-12-26/h7-8,13-14,24H,4,6,9-12,15H2,1-3,5H3. The van der Waals surface area contributed by atoms with E-state index in [2.05, 4.69) is 64.0 Å². The number of piperazine rings is 1. The largest absolute Gasteiger partial charge is 0.369 e. The normalized spacial score (nSPS) is 16.4. The summed E-state index contributed by atoms with van der Waals surface area (Å²) in [5.41, 5.74) is 4.77. The first-order valence-electron chi connectivity index (χ1n) is 9.45. The molecule has 1 aromatic carbocycles. The minimum absolute atomic E-state index is 0.0460. The molecule has 6 heteroatoms. The summed E-state index contributed by atoms with van der Waals surface area (Å²) in [5.74, 6) is -0.0460. The third-order valence-electron chi connectivity index (χ3n) is 4.85. The number of nitrogens with zero attached hydrogens (tertiary/aromatic N) is 4. The number of aliphatic imine (C=N–C) groups is 2. The average molecular weight is 370 g/mol. The number of hydrogen-bond acceptors (Lipinski definition) is 6. The van der Waals surface area contributed by atoms with Gasteiger partial charge in [0, 0.05) is 43.8 Å². The van der Waals surface area contributed by atoms with Gasteiger partial charge in [-0.1, -0.05) is 6.92 Å². The first-order valence-corrected chi connectivity index (χ1v) is 9.45. The van der Waals surface area contributed by atoms with Crippen LogP contribution in [0.25, 0.3) is 0 Å². The lowest BCUT2D eigenvalue weighted by atomic mass is 10.1. The second-order valence-corrected chi connectivity index (χ2v) is 6.87. The molecule has 1 aromatic rings. The highest BCUT2D eigenvalue weighted by molar-refractivity contribution is 6.12. The Bertz CT molecular complexity index is 730. The topological polar surface area (TPSA) is 60.3 Å². The first kappa shape index (κ1) is 20.8. The second-order valence-electron chi connectivity index (χ2n) is 6.87. The Morgan fingerprint density at radius 1 is 1.30 bits per heavy atom. The van der Waals surface area contributed by atoms with E-state index in [9.17, 15) is 4.79 Å². The van der Waals surface area contributed by atoms with Gasteiger partial charge in [-0.05, 0) is 57.8 Å². The maximum atomic E-state index is 11.8. The number of benzene rings is 1. The summed E-state index contributed by atoms with van der Waals surface area (Å²) < 4.78 is 0.